The summed E-state index contributed by atoms with van der Waals surface area (Å²) in [5, 5.41) is 0. The van der Waals surface area contributed by atoms with Crippen molar-refractivity contribution in [1.82, 2.24) is 0 Å². The lowest BCUT2D eigenvalue weighted by molar-refractivity contribution is 0.0994. The molecule has 0 aliphatic heterocycles. The molecule has 0 bridgehead atoms. The quantitative estimate of drug-likeness (QED) is 0.442. The van der Waals surface area contributed by atoms with E-state index in [0.717, 1.165) is 11.8 Å². The van der Waals surface area contributed by atoms with E-state index in [4.69, 9.17) is 0 Å². The highest BCUT2D eigenvalue weighted by molar-refractivity contribution is 4.85. The van der Waals surface area contributed by atoms with Crippen LogP contribution in [0.4, 0.5) is 0 Å². The summed E-state index contributed by atoms with van der Waals surface area (Å²) in [6, 6.07) is 0. The first-order valence-electron chi connectivity index (χ1n) is 12.6. The van der Waals surface area contributed by atoms with Gasteiger partial charge in [0.25, 0.3) is 0 Å². The van der Waals surface area contributed by atoms with Gasteiger partial charge in [-0.1, -0.05) is 108 Å². The number of hydrogen-bond acceptors (Lipinski definition) is 0. The molecule has 0 radical (unpaired) electrons. The first kappa shape index (κ1) is 29.0. The van der Waals surface area contributed by atoms with Gasteiger partial charge >= 0.3 is 0 Å². The van der Waals surface area contributed by atoms with Gasteiger partial charge in [0.2, 0.25) is 0 Å². The molecule has 2 aliphatic carbocycles. The van der Waals surface area contributed by atoms with Crippen LogP contribution in [0, 0.1) is 33.5 Å². The molecule has 0 atom stereocenters. The van der Waals surface area contributed by atoms with E-state index in [1.807, 2.05) is 0 Å². The number of hydrogen-bond donors (Lipinski definition) is 0. The second-order valence-corrected chi connectivity index (χ2v) is 14.1. The smallest absolute Gasteiger partial charge is 0.0321 e. The summed E-state index contributed by atoms with van der Waals surface area (Å²) in [5.41, 5.74) is 2.08. The van der Waals surface area contributed by atoms with Crippen LogP contribution in [0.15, 0.2) is 0 Å². The minimum absolute atomic E-state index is 0. The van der Waals surface area contributed by atoms with Gasteiger partial charge in [-0.05, 0) is 72.0 Å². The Morgan fingerprint density at radius 1 is 0.448 bits per heavy atom. The van der Waals surface area contributed by atoms with Crippen LogP contribution >= 0.6 is 0 Å². The zero-order valence-electron chi connectivity index (χ0n) is 22.1. The molecule has 0 aromatic rings. The highest BCUT2D eigenvalue weighted by atomic mass is 16.0. The fourth-order valence-electron chi connectivity index (χ4n) is 6.79. The fraction of sp³-hybridized carbons (Fsp3) is 1.00. The van der Waals surface area contributed by atoms with Gasteiger partial charge in [0, 0.05) is 0 Å². The Morgan fingerprint density at radius 2 is 0.690 bits per heavy atom. The van der Waals surface area contributed by atoms with E-state index in [9.17, 15) is 0 Å². The van der Waals surface area contributed by atoms with Gasteiger partial charge in [-0.25, -0.2) is 0 Å². The van der Waals surface area contributed by atoms with Crippen molar-refractivity contribution in [3.8, 4) is 0 Å². The molecule has 2 saturated carbocycles. The molecular formula is C28H58O. The second kappa shape index (κ2) is 11.5. The maximum atomic E-state index is 2.48. The lowest BCUT2D eigenvalue weighted by Crippen LogP contribution is -2.30. The molecule has 2 N–H and O–H groups in total. The van der Waals surface area contributed by atoms with E-state index in [0.29, 0.717) is 21.7 Å². The predicted molar refractivity (Wildman–Crippen MR) is 132 cm³/mol. The topological polar surface area (TPSA) is 31.5 Å². The normalized spacial score (nSPS) is 20.5. The Hall–Kier alpha value is -0.0400. The summed E-state index contributed by atoms with van der Waals surface area (Å²) in [4.78, 5) is 0. The van der Waals surface area contributed by atoms with Crippen molar-refractivity contribution >= 4 is 0 Å². The van der Waals surface area contributed by atoms with E-state index >= 15 is 0 Å². The molecular weight excluding hydrogens is 352 g/mol. The minimum Gasteiger partial charge on any atom is -0.412 e. The molecule has 2 fully saturated rings. The molecule has 0 unspecified atom stereocenters. The average Bonchev–Trinajstić information content (AvgIpc) is 2.53. The summed E-state index contributed by atoms with van der Waals surface area (Å²) in [5.74, 6) is 1.96. The van der Waals surface area contributed by atoms with Gasteiger partial charge in [0.1, 0.15) is 0 Å². The van der Waals surface area contributed by atoms with Gasteiger partial charge in [-0.2, -0.15) is 0 Å². The Kier molecular flexibility index (Phi) is 11.5. The van der Waals surface area contributed by atoms with Crippen LogP contribution in [0.3, 0.4) is 0 Å². The molecule has 0 amide bonds. The Labute approximate surface area is 185 Å². The minimum atomic E-state index is 0. The van der Waals surface area contributed by atoms with Crippen LogP contribution in [-0.4, -0.2) is 5.48 Å². The second-order valence-electron chi connectivity index (χ2n) is 14.1. The highest BCUT2D eigenvalue weighted by Gasteiger charge is 2.34. The van der Waals surface area contributed by atoms with Crippen molar-refractivity contribution in [2.45, 2.75) is 146 Å². The monoisotopic (exact) mass is 410 g/mol. The van der Waals surface area contributed by atoms with Gasteiger partial charge < -0.3 is 5.48 Å². The predicted octanol–water partition coefficient (Wildman–Crippen LogP) is 9.23. The first-order chi connectivity index (χ1) is 12.6. The third-order valence-electron chi connectivity index (χ3n) is 7.39. The SMILES string of the molecule is CC(C)(C)CC(C)(C)C1CCCCC1.CC(C)(C)CC(C)(C)C1CCCCC1.O. The van der Waals surface area contributed by atoms with E-state index < -0.39 is 0 Å². The van der Waals surface area contributed by atoms with Crippen LogP contribution in [0.2, 0.25) is 0 Å². The van der Waals surface area contributed by atoms with E-state index in [-0.39, 0.29) is 5.48 Å². The van der Waals surface area contributed by atoms with Crippen LogP contribution in [0.1, 0.15) is 146 Å². The third-order valence-corrected chi connectivity index (χ3v) is 7.39. The van der Waals surface area contributed by atoms with Gasteiger partial charge in [0.15, 0.2) is 0 Å². The molecule has 0 heterocycles. The fourth-order valence-corrected chi connectivity index (χ4v) is 6.79. The Bertz CT molecular complexity index is 378. The van der Waals surface area contributed by atoms with E-state index in [1.54, 1.807) is 0 Å². The summed E-state index contributed by atoms with van der Waals surface area (Å²) in [6.45, 7) is 24.2. The molecule has 29 heavy (non-hydrogen) atoms. The molecule has 1 heteroatoms. The third kappa shape index (κ3) is 11.8. The van der Waals surface area contributed by atoms with Crippen molar-refractivity contribution in [3.05, 3.63) is 0 Å². The number of rotatable bonds is 4. The standard InChI is InChI=1S/2C14H28.H2O/c2*1-13(2,3)11-14(4,5)12-9-7-6-8-10-12;/h2*12H,6-11H2,1-5H3;1H2. The van der Waals surface area contributed by atoms with Crippen LogP contribution < -0.4 is 0 Å². The molecule has 0 aromatic heterocycles. The molecule has 176 valence electrons. The highest BCUT2D eigenvalue weighted by Crippen LogP contribution is 2.46. The van der Waals surface area contributed by atoms with Gasteiger partial charge in [0.05, 0.1) is 0 Å². The molecule has 0 spiro atoms. The molecule has 1 nitrogen and oxygen atoms in total. The lowest BCUT2D eigenvalue weighted by Gasteiger charge is -2.41. The van der Waals surface area contributed by atoms with Crippen LogP contribution in [0.25, 0.3) is 0 Å². The van der Waals surface area contributed by atoms with Crippen molar-refractivity contribution in [2.75, 3.05) is 0 Å². The average molecular weight is 411 g/mol. The van der Waals surface area contributed by atoms with Crippen molar-refractivity contribution in [1.29, 1.82) is 0 Å². The lowest BCUT2D eigenvalue weighted by atomic mass is 9.65. The van der Waals surface area contributed by atoms with Crippen molar-refractivity contribution < 1.29 is 5.48 Å². The summed E-state index contributed by atoms with van der Waals surface area (Å²) in [7, 11) is 0. The molecule has 2 aliphatic rings. The summed E-state index contributed by atoms with van der Waals surface area (Å²) >= 11 is 0. The van der Waals surface area contributed by atoms with Crippen molar-refractivity contribution in [3.63, 3.8) is 0 Å². The van der Waals surface area contributed by atoms with Crippen LogP contribution in [0.5, 0.6) is 0 Å². The van der Waals surface area contributed by atoms with E-state index in [2.05, 4.69) is 69.2 Å². The maximum absolute atomic E-state index is 2.48. The zero-order chi connectivity index (χ0) is 21.6. The van der Waals surface area contributed by atoms with Gasteiger partial charge in [-0.3, -0.25) is 0 Å². The van der Waals surface area contributed by atoms with Crippen LogP contribution in [-0.2, 0) is 0 Å². The Balaban J connectivity index is 0.000000523. The Morgan fingerprint density at radius 3 is 0.897 bits per heavy atom. The molecule has 0 saturated heterocycles. The summed E-state index contributed by atoms with van der Waals surface area (Å²) < 4.78 is 0. The molecule has 0 aromatic carbocycles. The van der Waals surface area contributed by atoms with E-state index in [1.165, 1.54) is 77.0 Å². The molecule has 2 rings (SSSR count). The summed E-state index contributed by atoms with van der Waals surface area (Å²) in [6.07, 6.45) is 17.5. The largest absolute Gasteiger partial charge is 0.412 e. The maximum Gasteiger partial charge on any atom is -0.0321 e. The first-order valence-corrected chi connectivity index (χ1v) is 12.6. The van der Waals surface area contributed by atoms with Gasteiger partial charge in [-0.15, -0.1) is 0 Å². The zero-order valence-corrected chi connectivity index (χ0v) is 22.1. The van der Waals surface area contributed by atoms with Crippen molar-refractivity contribution in [2.24, 2.45) is 33.5 Å².